The topological polar surface area (TPSA) is 20.3 Å². The highest BCUT2D eigenvalue weighted by atomic mass is 32.2. The Morgan fingerprint density at radius 3 is 2.20 bits per heavy atom. The van der Waals surface area contributed by atoms with Gasteiger partial charge in [-0.2, -0.15) is 11.8 Å². The first-order valence-electron chi connectivity index (χ1n) is 6.14. The second-order valence-electron chi connectivity index (χ2n) is 5.23. The van der Waals surface area contributed by atoms with Crippen LogP contribution in [0.2, 0.25) is 0 Å². The third-order valence-electron chi connectivity index (χ3n) is 4.20. The predicted molar refractivity (Wildman–Crippen MR) is 62.9 cm³/mol. The number of thioether (sulfide) groups is 1. The van der Waals surface area contributed by atoms with E-state index in [2.05, 4.69) is 11.2 Å². The molecule has 2 nitrogen and oxygen atoms in total. The highest BCUT2D eigenvalue weighted by Gasteiger charge is 2.46. The number of hydrogen-bond donors (Lipinski definition) is 0. The van der Waals surface area contributed by atoms with E-state index >= 15 is 0 Å². The molecule has 1 aliphatic carbocycles. The van der Waals surface area contributed by atoms with E-state index in [1.165, 1.54) is 25.7 Å². The number of carbonyl (C=O) groups excluding carboxylic acids is 1. The molecule has 2 unspecified atom stereocenters. The third kappa shape index (κ3) is 1.69. The normalized spacial score (nSPS) is 39.5. The van der Waals surface area contributed by atoms with E-state index in [0.29, 0.717) is 23.9 Å². The standard InChI is InChI=1S/C12H19NOS/c1-15-11-6-9-4-5-10(7-11)13(9)12(14)8-2-3-8/h8-11H,2-7H2,1H3. The van der Waals surface area contributed by atoms with Gasteiger partial charge in [0.1, 0.15) is 0 Å². The van der Waals surface area contributed by atoms with Gasteiger partial charge in [0.15, 0.2) is 0 Å². The minimum Gasteiger partial charge on any atom is -0.336 e. The first kappa shape index (κ1) is 10.0. The van der Waals surface area contributed by atoms with Crippen LogP contribution in [0.3, 0.4) is 0 Å². The molecule has 2 heterocycles. The summed E-state index contributed by atoms with van der Waals surface area (Å²) in [6.07, 6.45) is 9.54. The Labute approximate surface area is 95.8 Å². The molecule has 3 rings (SSSR count). The minimum absolute atomic E-state index is 0.416. The van der Waals surface area contributed by atoms with Crippen molar-refractivity contribution in [2.24, 2.45) is 5.92 Å². The van der Waals surface area contributed by atoms with E-state index in [0.717, 1.165) is 18.1 Å². The fraction of sp³-hybridized carbons (Fsp3) is 0.917. The number of hydrogen-bond acceptors (Lipinski definition) is 2. The lowest BCUT2D eigenvalue weighted by Gasteiger charge is -2.38. The van der Waals surface area contributed by atoms with Crippen LogP contribution in [0, 0.1) is 5.92 Å². The average Bonchev–Trinajstić information content (AvgIpc) is 3.04. The molecule has 0 aromatic rings. The Morgan fingerprint density at radius 1 is 1.13 bits per heavy atom. The lowest BCUT2D eigenvalue weighted by molar-refractivity contribution is -0.136. The number of nitrogens with zero attached hydrogens (tertiary/aromatic N) is 1. The molecule has 2 atom stereocenters. The Morgan fingerprint density at radius 2 is 1.73 bits per heavy atom. The number of amides is 1. The Hall–Kier alpha value is -0.180. The lowest BCUT2D eigenvalue weighted by Crippen LogP contribution is -2.47. The third-order valence-corrected chi connectivity index (χ3v) is 5.26. The maximum atomic E-state index is 12.1. The zero-order valence-corrected chi connectivity index (χ0v) is 10.1. The summed E-state index contributed by atoms with van der Waals surface area (Å²) < 4.78 is 0. The molecule has 84 valence electrons. The van der Waals surface area contributed by atoms with Crippen LogP contribution < -0.4 is 0 Å². The largest absolute Gasteiger partial charge is 0.336 e. The summed E-state index contributed by atoms with van der Waals surface area (Å²) in [4.78, 5) is 14.4. The molecule has 0 N–H and O–H groups in total. The van der Waals surface area contributed by atoms with Gasteiger partial charge in [-0.1, -0.05) is 0 Å². The van der Waals surface area contributed by atoms with Gasteiger partial charge in [-0.3, -0.25) is 4.79 Å². The Bertz CT molecular complexity index is 263. The summed E-state index contributed by atoms with van der Waals surface area (Å²) in [5.74, 6) is 0.904. The lowest BCUT2D eigenvalue weighted by atomic mass is 10.0. The molecule has 0 radical (unpaired) electrons. The summed E-state index contributed by atoms with van der Waals surface area (Å²) in [6, 6.07) is 1.18. The molecule has 0 aromatic heterocycles. The molecule has 2 aliphatic heterocycles. The van der Waals surface area contributed by atoms with Crippen LogP contribution in [0.4, 0.5) is 0 Å². The summed E-state index contributed by atoms with van der Waals surface area (Å²) >= 11 is 1.99. The number of fused-ring (bicyclic) bond motifs is 2. The first-order chi connectivity index (χ1) is 7.29. The SMILES string of the molecule is CSC1CC2CCC(C1)N2C(=O)C1CC1. The molecule has 3 aliphatic rings. The van der Waals surface area contributed by atoms with Crippen LogP contribution in [-0.4, -0.2) is 34.4 Å². The molecular weight excluding hydrogens is 206 g/mol. The van der Waals surface area contributed by atoms with Crippen molar-refractivity contribution in [2.75, 3.05) is 6.26 Å². The molecule has 2 saturated heterocycles. The average molecular weight is 225 g/mol. The van der Waals surface area contributed by atoms with Gasteiger partial charge in [0.25, 0.3) is 0 Å². The van der Waals surface area contributed by atoms with Crippen molar-refractivity contribution in [3.05, 3.63) is 0 Å². The Balaban J connectivity index is 1.73. The van der Waals surface area contributed by atoms with Gasteiger partial charge >= 0.3 is 0 Å². The summed E-state index contributed by atoms with van der Waals surface area (Å²) in [7, 11) is 0. The fourth-order valence-electron chi connectivity index (χ4n) is 3.22. The molecule has 3 heteroatoms. The van der Waals surface area contributed by atoms with E-state index in [1.54, 1.807) is 0 Å². The zero-order valence-electron chi connectivity index (χ0n) is 9.32. The summed E-state index contributed by atoms with van der Waals surface area (Å²) in [5.41, 5.74) is 0. The number of carbonyl (C=O) groups is 1. The molecule has 0 aromatic carbocycles. The summed E-state index contributed by atoms with van der Waals surface area (Å²) in [6.45, 7) is 0. The highest BCUT2D eigenvalue weighted by Crippen LogP contribution is 2.43. The predicted octanol–water partition coefficient (Wildman–Crippen LogP) is 2.28. The smallest absolute Gasteiger partial charge is 0.226 e. The van der Waals surface area contributed by atoms with Crippen molar-refractivity contribution >= 4 is 17.7 Å². The van der Waals surface area contributed by atoms with Crippen molar-refractivity contribution in [3.8, 4) is 0 Å². The van der Waals surface area contributed by atoms with Crippen molar-refractivity contribution in [3.63, 3.8) is 0 Å². The first-order valence-corrected chi connectivity index (χ1v) is 7.43. The molecule has 1 amide bonds. The minimum atomic E-state index is 0.416. The highest BCUT2D eigenvalue weighted by molar-refractivity contribution is 7.99. The van der Waals surface area contributed by atoms with E-state index in [4.69, 9.17) is 0 Å². The van der Waals surface area contributed by atoms with Gasteiger partial charge in [0.05, 0.1) is 0 Å². The van der Waals surface area contributed by atoms with Crippen LogP contribution in [0.1, 0.15) is 38.5 Å². The van der Waals surface area contributed by atoms with Crippen LogP contribution >= 0.6 is 11.8 Å². The second-order valence-corrected chi connectivity index (χ2v) is 6.37. The van der Waals surface area contributed by atoms with Gasteiger partial charge in [0, 0.05) is 23.3 Å². The molecule has 2 bridgehead atoms. The second kappa shape index (κ2) is 3.69. The van der Waals surface area contributed by atoms with Gasteiger partial charge < -0.3 is 4.90 Å². The molecule has 15 heavy (non-hydrogen) atoms. The van der Waals surface area contributed by atoms with E-state index in [9.17, 15) is 4.79 Å². The van der Waals surface area contributed by atoms with Gasteiger partial charge in [-0.15, -0.1) is 0 Å². The monoisotopic (exact) mass is 225 g/mol. The maximum Gasteiger partial charge on any atom is 0.226 e. The van der Waals surface area contributed by atoms with Crippen LogP contribution in [0.5, 0.6) is 0 Å². The molecule has 3 fully saturated rings. The van der Waals surface area contributed by atoms with Crippen molar-refractivity contribution in [2.45, 2.75) is 55.9 Å². The molecular formula is C12H19NOS. The fourth-order valence-corrected chi connectivity index (χ4v) is 4.05. The quantitative estimate of drug-likeness (QED) is 0.718. The van der Waals surface area contributed by atoms with E-state index in [-0.39, 0.29) is 0 Å². The molecule has 1 saturated carbocycles. The van der Waals surface area contributed by atoms with Gasteiger partial charge in [0.2, 0.25) is 5.91 Å². The van der Waals surface area contributed by atoms with Crippen molar-refractivity contribution in [1.82, 2.24) is 4.90 Å². The summed E-state index contributed by atoms with van der Waals surface area (Å²) in [5, 5.41) is 0.811. The van der Waals surface area contributed by atoms with Crippen LogP contribution in [-0.2, 0) is 4.79 Å². The van der Waals surface area contributed by atoms with Crippen LogP contribution in [0.15, 0.2) is 0 Å². The Kier molecular flexibility index (Phi) is 2.46. The van der Waals surface area contributed by atoms with Crippen LogP contribution in [0.25, 0.3) is 0 Å². The van der Waals surface area contributed by atoms with Crippen molar-refractivity contribution < 1.29 is 4.79 Å². The van der Waals surface area contributed by atoms with E-state index < -0.39 is 0 Å². The van der Waals surface area contributed by atoms with Gasteiger partial charge in [-0.25, -0.2) is 0 Å². The van der Waals surface area contributed by atoms with Gasteiger partial charge in [-0.05, 0) is 44.8 Å². The molecule has 0 spiro atoms. The number of piperidine rings is 1. The zero-order chi connectivity index (χ0) is 10.4. The number of rotatable bonds is 2. The van der Waals surface area contributed by atoms with E-state index in [1.807, 2.05) is 11.8 Å². The maximum absolute atomic E-state index is 12.1. The van der Waals surface area contributed by atoms with Crippen molar-refractivity contribution in [1.29, 1.82) is 0 Å².